The Morgan fingerprint density at radius 1 is 1.00 bits per heavy atom. The highest BCUT2D eigenvalue weighted by Crippen LogP contribution is 2.57. The molecule has 9 nitrogen and oxygen atoms in total. The summed E-state index contributed by atoms with van der Waals surface area (Å²) in [5.74, 6) is 13.8. The molecule has 3 aromatic carbocycles. The maximum atomic E-state index is 13.3. The van der Waals surface area contributed by atoms with Gasteiger partial charge in [0.15, 0.2) is 0 Å². The molecule has 2 aliphatic heterocycles. The summed E-state index contributed by atoms with van der Waals surface area (Å²) in [5.41, 5.74) is 9.44. The second-order valence-electron chi connectivity index (χ2n) is 17.1. The molecule has 9 rings (SSSR count). The highest BCUT2D eigenvalue weighted by atomic mass is 35.5. The molecule has 3 amide bonds. The number of fused-ring (bicyclic) bond motifs is 4. The molecular formula is C49H49ClN6O3. The first-order chi connectivity index (χ1) is 28.5. The standard InChI is InChI=1S/C49H49ClN6O3/c1-4-5-44(46(58)52-32-57)55-30-41-13-12-36(24-42(41)47(55)59)8-11-38-27-54(28-38)31-49-21-18-48(19-22-49,20-23-49)17-16-35-6-9-37(10-7-35)29-56-34(3)33(2)45(53-56)39-14-15-40(26-51)43(50)25-39/h6-7,9-10,12-15,24-25,32,38,44H,4-5,18-23,27-31H2,1-3H3,(H,52,57,58). The number of nitrogens with zero attached hydrogens (tertiary/aromatic N) is 5. The first-order valence-corrected chi connectivity index (χ1v) is 21.2. The summed E-state index contributed by atoms with van der Waals surface area (Å²) in [7, 11) is 0. The molecule has 59 heavy (non-hydrogen) atoms. The van der Waals surface area contributed by atoms with Crippen LogP contribution in [0.2, 0.25) is 5.02 Å². The van der Waals surface area contributed by atoms with E-state index in [1.165, 1.54) is 19.3 Å². The molecule has 0 spiro atoms. The summed E-state index contributed by atoms with van der Waals surface area (Å²) >= 11 is 6.32. The third-order valence-electron chi connectivity index (χ3n) is 13.3. The van der Waals surface area contributed by atoms with Gasteiger partial charge in [-0.2, -0.15) is 10.4 Å². The Morgan fingerprint density at radius 3 is 2.41 bits per heavy atom. The molecule has 4 fully saturated rings. The van der Waals surface area contributed by atoms with E-state index in [0.717, 1.165) is 90.1 Å². The van der Waals surface area contributed by atoms with E-state index >= 15 is 0 Å². The van der Waals surface area contributed by atoms with Gasteiger partial charge in [0, 0.05) is 65.5 Å². The number of benzene rings is 3. The van der Waals surface area contributed by atoms with Crippen LogP contribution in [0.5, 0.6) is 0 Å². The van der Waals surface area contributed by atoms with Crippen LogP contribution in [0.1, 0.15) is 108 Å². The Labute approximate surface area is 352 Å². The number of hydrogen-bond donors (Lipinski definition) is 1. The molecule has 10 heteroatoms. The Bertz CT molecular complexity index is 2460. The van der Waals surface area contributed by atoms with Crippen LogP contribution >= 0.6 is 11.6 Å². The topological polar surface area (TPSA) is 111 Å². The van der Waals surface area contributed by atoms with Gasteiger partial charge < -0.3 is 9.80 Å². The molecule has 300 valence electrons. The van der Waals surface area contributed by atoms with Crippen LogP contribution < -0.4 is 5.32 Å². The number of imide groups is 1. The van der Waals surface area contributed by atoms with E-state index in [1.807, 2.05) is 41.9 Å². The molecule has 0 radical (unpaired) electrons. The van der Waals surface area contributed by atoms with Gasteiger partial charge in [0.2, 0.25) is 12.3 Å². The molecule has 1 aromatic heterocycles. The van der Waals surface area contributed by atoms with Crippen LogP contribution in [0.15, 0.2) is 60.7 Å². The maximum absolute atomic E-state index is 13.3. The van der Waals surface area contributed by atoms with E-state index in [4.69, 9.17) is 16.7 Å². The second kappa shape index (κ2) is 16.5. The number of carbonyl (C=O) groups excluding carboxylic acids is 3. The van der Waals surface area contributed by atoms with Crippen LogP contribution in [0, 0.1) is 65.6 Å². The first kappa shape index (κ1) is 40.1. The molecule has 3 saturated carbocycles. The smallest absolute Gasteiger partial charge is 0.255 e. The molecule has 3 heterocycles. The van der Waals surface area contributed by atoms with Gasteiger partial charge in [-0.05, 0) is 117 Å². The summed E-state index contributed by atoms with van der Waals surface area (Å²) in [5, 5.41) is 16.8. The van der Waals surface area contributed by atoms with E-state index in [2.05, 4.69) is 78.1 Å². The van der Waals surface area contributed by atoms with Crippen LogP contribution in [0.4, 0.5) is 0 Å². The van der Waals surface area contributed by atoms with Gasteiger partial charge in [-0.15, -0.1) is 0 Å². The lowest BCUT2D eigenvalue weighted by Crippen LogP contribution is -2.54. The lowest BCUT2D eigenvalue weighted by molar-refractivity contribution is -0.129. The zero-order valence-corrected chi connectivity index (χ0v) is 34.8. The number of amides is 3. The van der Waals surface area contributed by atoms with Gasteiger partial charge in [0.05, 0.1) is 22.8 Å². The minimum Gasteiger partial charge on any atom is -0.322 e. The number of aromatic nitrogens is 2. The molecule has 4 aromatic rings. The van der Waals surface area contributed by atoms with Gasteiger partial charge in [-0.1, -0.05) is 72.9 Å². The summed E-state index contributed by atoms with van der Waals surface area (Å²) in [6.45, 7) is 10.2. The van der Waals surface area contributed by atoms with Crippen molar-refractivity contribution in [1.82, 2.24) is 24.9 Å². The fraction of sp³-hybridized carbons (Fsp3) is 0.408. The van der Waals surface area contributed by atoms with Crippen LogP contribution in [-0.2, 0) is 22.7 Å². The van der Waals surface area contributed by atoms with Gasteiger partial charge in [0.25, 0.3) is 5.91 Å². The zero-order chi connectivity index (χ0) is 41.3. The van der Waals surface area contributed by atoms with Crippen molar-refractivity contribution < 1.29 is 14.4 Å². The van der Waals surface area contributed by atoms with Gasteiger partial charge in [-0.25, -0.2) is 0 Å². The number of rotatable bonds is 10. The van der Waals surface area contributed by atoms with E-state index in [1.54, 1.807) is 11.0 Å². The van der Waals surface area contributed by atoms with Gasteiger partial charge in [-0.3, -0.25) is 24.4 Å². The molecule has 3 aliphatic carbocycles. The lowest BCUT2D eigenvalue weighted by Gasteiger charge is -2.54. The van der Waals surface area contributed by atoms with Crippen molar-refractivity contribution in [3.8, 4) is 41.0 Å². The van der Waals surface area contributed by atoms with Crippen molar-refractivity contribution in [2.45, 2.75) is 91.3 Å². The predicted octanol–water partition coefficient (Wildman–Crippen LogP) is 7.81. The van der Waals surface area contributed by atoms with Crippen molar-refractivity contribution in [3.63, 3.8) is 0 Å². The second-order valence-corrected chi connectivity index (χ2v) is 17.6. The zero-order valence-electron chi connectivity index (χ0n) is 34.0. The molecule has 1 saturated heterocycles. The average Bonchev–Trinajstić information content (AvgIpc) is 3.71. The Hall–Kier alpha value is -5.66. The monoisotopic (exact) mass is 804 g/mol. The fourth-order valence-electron chi connectivity index (χ4n) is 9.54. The van der Waals surface area contributed by atoms with E-state index in [0.29, 0.717) is 53.4 Å². The summed E-state index contributed by atoms with van der Waals surface area (Å²) in [6.07, 6.45) is 8.75. The van der Waals surface area contributed by atoms with Crippen molar-refractivity contribution in [3.05, 3.63) is 110 Å². The van der Waals surface area contributed by atoms with Crippen LogP contribution in [0.25, 0.3) is 11.3 Å². The Kier molecular flexibility index (Phi) is 11.2. The quantitative estimate of drug-likeness (QED) is 0.129. The molecule has 2 bridgehead atoms. The highest BCUT2D eigenvalue weighted by molar-refractivity contribution is 6.32. The normalized spacial score (nSPS) is 21.3. The Morgan fingerprint density at radius 2 is 1.73 bits per heavy atom. The summed E-state index contributed by atoms with van der Waals surface area (Å²) in [6, 6.07) is 21.2. The number of nitrogens with one attached hydrogen (secondary N) is 1. The number of nitriles is 1. The third-order valence-corrected chi connectivity index (χ3v) is 13.7. The number of likely N-dealkylation sites (tertiary alicyclic amines) is 1. The van der Waals surface area contributed by atoms with Gasteiger partial charge >= 0.3 is 0 Å². The first-order valence-electron chi connectivity index (χ1n) is 20.8. The van der Waals surface area contributed by atoms with E-state index in [-0.39, 0.29) is 11.3 Å². The van der Waals surface area contributed by atoms with Crippen LogP contribution in [-0.4, -0.2) is 63.5 Å². The molecule has 1 unspecified atom stereocenters. The number of hydrogen-bond acceptors (Lipinski definition) is 6. The fourth-order valence-corrected chi connectivity index (χ4v) is 9.76. The minimum absolute atomic E-state index is 0.116. The lowest BCUT2D eigenvalue weighted by atomic mass is 9.53. The van der Waals surface area contributed by atoms with Crippen molar-refractivity contribution in [2.75, 3.05) is 19.6 Å². The molecule has 5 aliphatic rings. The highest BCUT2D eigenvalue weighted by Gasteiger charge is 2.49. The van der Waals surface area contributed by atoms with Gasteiger partial charge in [0.1, 0.15) is 12.1 Å². The summed E-state index contributed by atoms with van der Waals surface area (Å²) < 4.78 is 2.03. The SMILES string of the molecule is CCCC(C(=O)NC=O)N1Cc2ccc(C#CC3CN(CC45CCC(C#Cc6ccc(Cn7nc(-c8ccc(C#N)c(Cl)c8)c(C)c7C)cc6)(CC4)CC5)C3)cc2C1=O. The van der Waals surface area contributed by atoms with E-state index < -0.39 is 11.9 Å². The molecular weight excluding hydrogens is 756 g/mol. The van der Waals surface area contributed by atoms with E-state index in [9.17, 15) is 19.6 Å². The Balaban J connectivity index is 0.816. The minimum atomic E-state index is -0.670. The third kappa shape index (κ3) is 8.18. The van der Waals surface area contributed by atoms with Crippen molar-refractivity contribution in [1.29, 1.82) is 5.26 Å². The van der Waals surface area contributed by atoms with Crippen molar-refractivity contribution in [2.24, 2.45) is 16.7 Å². The maximum Gasteiger partial charge on any atom is 0.255 e. The molecule has 1 N–H and O–H groups in total. The molecule has 1 atom stereocenters. The van der Waals surface area contributed by atoms with Crippen LogP contribution in [0.3, 0.4) is 0 Å². The summed E-state index contributed by atoms with van der Waals surface area (Å²) in [4.78, 5) is 40.9. The predicted molar refractivity (Wildman–Crippen MR) is 228 cm³/mol. The average molecular weight is 805 g/mol. The number of halogens is 1. The van der Waals surface area contributed by atoms with Crippen molar-refractivity contribution >= 4 is 29.8 Å². The number of carbonyl (C=O) groups is 3. The largest absolute Gasteiger partial charge is 0.322 e.